The lowest BCUT2D eigenvalue weighted by Gasteiger charge is -2.07. The quantitative estimate of drug-likeness (QED) is 0.908. The van der Waals surface area contributed by atoms with E-state index in [1.807, 2.05) is 19.1 Å². The summed E-state index contributed by atoms with van der Waals surface area (Å²) in [6, 6.07) is 5.46. The second-order valence-corrected chi connectivity index (χ2v) is 7.00. The van der Waals surface area contributed by atoms with E-state index in [9.17, 15) is 8.42 Å². The highest BCUT2D eigenvalue weighted by Crippen LogP contribution is 2.36. The molecule has 2 rings (SSSR count). The lowest BCUT2D eigenvalue weighted by Crippen LogP contribution is -2.08. The van der Waals surface area contributed by atoms with Crippen molar-refractivity contribution in [2.45, 2.75) is 18.4 Å². The van der Waals surface area contributed by atoms with Gasteiger partial charge in [-0.15, -0.1) is 0 Å². The molecule has 1 aliphatic heterocycles. The average Bonchev–Trinajstić information content (AvgIpc) is 2.58. The summed E-state index contributed by atoms with van der Waals surface area (Å²) >= 11 is 1.61. The zero-order valence-electron chi connectivity index (χ0n) is 9.64. The Balaban J connectivity index is 2.48. The van der Waals surface area contributed by atoms with Crippen LogP contribution >= 0.6 is 11.8 Å². The highest BCUT2D eigenvalue weighted by atomic mass is 32.2. The van der Waals surface area contributed by atoms with Gasteiger partial charge in [-0.1, -0.05) is 25.1 Å². The van der Waals surface area contributed by atoms with Crippen molar-refractivity contribution in [3.63, 3.8) is 0 Å². The molecule has 0 saturated carbocycles. The van der Waals surface area contributed by atoms with E-state index in [-0.39, 0.29) is 6.54 Å². The van der Waals surface area contributed by atoms with Gasteiger partial charge >= 0.3 is 0 Å². The molecule has 0 amide bonds. The molecule has 1 heterocycles. The lowest BCUT2D eigenvalue weighted by molar-refractivity contribution is 0.602. The Morgan fingerprint density at radius 3 is 2.76 bits per heavy atom. The molecule has 92 valence electrons. The van der Waals surface area contributed by atoms with Crippen LogP contribution in [0.3, 0.4) is 0 Å². The number of nitrogens with two attached hydrogens (primary N) is 1. The van der Waals surface area contributed by atoms with Crippen molar-refractivity contribution in [2.24, 2.45) is 5.73 Å². The Bertz CT molecular complexity index is 562. The zero-order valence-corrected chi connectivity index (χ0v) is 11.3. The summed E-state index contributed by atoms with van der Waals surface area (Å²) in [5, 5.41) is 0. The third-order valence-electron chi connectivity index (χ3n) is 2.73. The molecule has 0 aliphatic carbocycles. The molecule has 3 nitrogen and oxygen atoms in total. The number of sulfone groups is 1. The molecule has 0 unspecified atom stereocenters. The number of thioether (sulfide) groups is 1. The molecule has 0 atom stereocenters. The fourth-order valence-corrected chi connectivity index (χ4v) is 4.75. The average molecular weight is 269 g/mol. The van der Waals surface area contributed by atoms with Crippen LogP contribution in [-0.2, 0) is 16.4 Å². The molecule has 1 aliphatic rings. The fourth-order valence-electron chi connectivity index (χ4n) is 1.91. The molecule has 0 aromatic heterocycles. The Kier molecular flexibility index (Phi) is 3.61. The van der Waals surface area contributed by atoms with Crippen molar-refractivity contribution in [1.82, 2.24) is 0 Å². The maximum absolute atomic E-state index is 12.3. The summed E-state index contributed by atoms with van der Waals surface area (Å²) in [5.41, 5.74) is 7.08. The summed E-state index contributed by atoms with van der Waals surface area (Å²) in [5.74, 6) is 1.45. The number of benzene rings is 1. The van der Waals surface area contributed by atoms with Crippen LogP contribution in [0.15, 0.2) is 28.0 Å². The molecule has 1 aromatic rings. The van der Waals surface area contributed by atoms with Crippen molar-refractivity contribution in [2.75, 3.05) is 11.5 Å². The van der Waals surface area contributed by atoms with Crippen LogP contribution in [0.4, 0.5) is 0 Å². The SMILES string of the molecule is CCSCC1=Cc2cccc(CN)c2S1(=O)=O. The van der Waals surface area contributed by atoms with Crippen LogP contribution in [0, 0.1) is 0 Å². The van der Waals surface area contributed by atoms with Crippen molar-refractivity contribution in [3.8, 4) is 0 Å². The van der Waals surface area contributed by atoms with E-state index in [0.717, 1.165) is 11.3 Å². The van der Waals surface area contributed by atoms with Crippen molar-refractivity contribution >= 4 is 27.7 Å². The van der Waals surface area contributed by atoms with Crippen LogP contribution < -0.4 is 5.73 Å². The van der Waals surface area contributed by atoms with Gasteiger partial charge in [0, 0.05) is 12.3 Å². The molecule has 0 radical (unpaired) electrons. The third kappa shape index (κ3) is 2.14. The fraction of sp³-hybridized carbons (Fsp3) is 0.333. The van der Waals surface area contributed by atoms with Gasteiger partial charge in [0.1, 0.15) is 0 Å². The van der Waals surface area contributed by atoms with Crippen LogP contribution in [-0.4, -0.2) is 19.9 Å². The first kappa shape index (κ1) is 12.7. The van der Waals surface area contributed by atoms with Gasteiger partial charge in [0.25, 0.3) is 0 Å². The molecule has 5 heteroatoms. The van der Waals surface area contributed by atoms with Gasteiger partial charge < -0.3 is 5.73 Å². The van der Waals surface area contributed by atoms with E-state index in [0.29, 0.717) is 21.1 Å². The second kappa shape index (κ2) is 4.84. The zero-order chi connectivity index (χ0) is 12.5. The monoisotopic (exact) mass is 269 g/mol. The van der Waals surface area contributed by atoms with E-state index >= 15 is 0 Å². The van der Waals surface area contributed by atoms with Gasteiger partial charge in [-0.05, 0) is 23.0 Å². The number of hydrogen-bond donors (Lipinski definition) is 1. The van der Waals surface area contributed by atoms with Crippen molar-refractivity contribution in [1.29, 1.82) is 0 Å². The molecule has 0 spiro atoms. The van der Waals surface area contributed by atoms with E-state index in [2.05, 4.69) is 0 Å². The van der Waals surface area contributed by atoms with Crippen LogP contribution in [0.2, 0.25) is 0 Å². The number of rotatable bonds is 4. The summed E-state index contributed by atoms with van der Waals surface area (Å²) in [7, 11) is -3.30. The number of hydrogen-bond acceptors (Lipinski definition) is 4. The van der Waals surface area contributed by atoms with Crippen LogP contribution in [0.1, 0.15) is 18.1 Å². The molecular weight excluding hydrogens is 254 g/mol. The minimum absolute atomic E-state index is 0.254. The van der Waals surface area contributed by atoms with E-state index in [4.69, 9.17) is 5.73 Å². The maximum atomic E-state index is 12.3. The highest BCUT2D eigenvalue weighted by Gasteiger charge is 2.31. The normalized spacial score (nSPS) is 16.7. The predicted molar refractivity (Wildman–Crippen MR) is 72.5 cm³/mol. The van der Waals surface area contributed by atoms with Crippen molar-refractivity contribution in [3.05, 3.63) is 34.2 Å². The van der Waals surface area contributed by atoms with Gasteiger partial charge in [-0.2, -0.15) is 11.8 Å². The van der Waals surface area contributed by atoms with Crippen LogP contribution in [0.25, 0.3) is 6.08 Å². The topological polar surface area (TPSA) is 60.2 Å². The van der Waals surface area contributed by atoms with Gasteiger partial charge in [0.15, 0.2) is 0 Å². The molecule has 0 fully saturated rings. The third-order valence-corrected chi connectivity index (χ3v) is 5.82. The Morgan fingerprint density at radius 1 is 1.35 bits per heavy atom. The van der Waals surface area contributed by atoms with Crippen molar-refractivity contribution < 1.29 is 8.42 Å². The minimum atomic E-state index is -3.30. The first-order chi connectivity index (χ1) is 8.11. The molecular formula is C12H15NO2S2. The molecule has 0 saturated heterocycles. The summed E-state index contributed by atoms with van der Waals surface area (Å²) in [6.07, 6.45) is 1.77. The van der Waals surface area contributed by atoms with Crippen LogP contribution in [0.5, 0.6) is 0 Å². The Labute approximate surface area is 106 Å². The predicted octanol–water partition coefficient (Wildman–Crippen LogP) is 2.03. The Morgan fingerprint density at radius 2 is 2.12 bits per heavy atom. The standard InChI is InChI=1S/C12H15NO2S2/c1-2-16-8-11-6-9-4-3-5-10(7-13)12(9)17(11,14)15/h3-6H,2,7-8,13H2,1H3. The van der Waals surface area contributed by atoms with Gasteiger partial charge in [0.2, 0.25) is 9.84 Å². The maximum Gasteiger partial charge on any atom is 0.204 e. The summed E-state index contributed by atoms with van der Waals surface area (Å²) < 4.78 is 24.7. The lowest BCUT2D eigenvalue weighted by atomic mass is 10.1. The van der Waals surface area contributed by atoms with E-state index < -0.39 is 9.84 Å². The van der Waals surface area contributed by atoms with E-state index in [1.54, 1.807) is 23.9 Å². The molecule has 17 heavy (non-hydrogen) atoms. The molecule has 1 aromatic carbocycles. The smallest absolute Gasteiger partial charge is 0.204 e. The van der Waals surface area contributed by atoms with Gasteiger partial charge in [-0.25, -0.2) is 8.42 Å². The highest BCUT2D eigenvalue weighted by molar-refractivity contribution is 8.02. The van der Waals surface area contributed by atoms with Gasteiger partial charge in [-0.3, -0.25) is 0 Å². The summed E-state index contributed by atoms with van der Waals surface area (Å²) in [4.78, 5) is 0.912. The molecule has 2 N–H and O–H groups in total. The minimum Gasteiger partial charge on any atom is -0.326 e. The largest absolute Gasteiger partial charge is 0.326 e. The number of fused-ring (bicyclic) bond motifs is 1. The molecule has 0 bridgehead atoms. The first-order valence-corrected chi connectivity index (χ1v) is 8.10. The Hall–Kier alpha value is -0.780. The first-order valence-electron chi connectivity index (χ1n) is 5.46. The van der Waals surface area contributed by atoms with E-state index in [1.165, 1.54) is 0 Å². The second-order valence-electron chi connectivity index (χ2n) is 3.79. The summed E-state index contributed by atoms with van der Waals surface area (Å²) in [6.45, 7) is 2.27. The van der Waals surface area contributed by atoms with Gasteiger partial charge in [0.05, 0.1) is 9.80 Å².